The molecule has 0 aliphatic rings. The molecule has 0 heterocycles. The molecule has 20 heavy (non-hydrogen) atoms. The van der Waals surface area contributed by atoms with Crippen molar-refractivity contribution in [2.75, 3.05) is 44.7 Å². The first-order valence-electron chi connectivity index (χ1n) is 7.16. The molecular formula is C15H25N3O2. The first-order chi connectivity index (χ1) is 9.76. The van der Waals surface area contributed by atoms with Crippen molar-refractivity contribution in [3.8, 4) is 0 Å². The average Bonchev–Trinajstić information content (AvgIpc) is 2.47. The van der Waals surface area contributed by atoms with E-state index in [-0.39, 0.29) is 6.03 Å². The van der Waals surface area contributed by atoms with Crippen LogP contribution in [0.3, 0.4) is 0 Å². The number of hydrogen-bond acceptors (Lipinski definition) is 3. The summed E-state index contributed by atoms with van der Waals surface area (Å²) in [7, 11) is 0. The number of ether oxygens (including phenoxy) is 1. The van der Waals surface area contributed by atoms with Gasteiger partial charge in [-0.3, -0.25) is 0 Å². The van der Waals surface area contributed by atoms with Gasteiger partial charge in [-0.15, -0.1) is 0 Å². The molecule has 0 aliphatic heterocycles. The summed E-state index contributed by atoms with van der Waals surface area (Å²) in [5, 5.41) is 5.51. The summed E-state index contributed by atoms with van der Waals surface area (Å²) in [6.07, 6.45) is 0. The molecule has 0 radical (unpaired) electrons. The number of benzene rings is 1. The smallest absolute Gasteiger partial charge is 0.319 e. The minimum atomic E-state index is -0.205. The van der Waals surface area contributed by atoms with Crippen molar-refractivity contribution in [3.63, 3.8) is 0 Å². The number of amides is 2. The second kappa shape index (κ2) is 10.2. The maximum atomic E-state index is 11.6. The van der Waals surface area contributed by atoms with Crippen molar-refractivity contribution in [2.24, 2.45) is 0 Å². The quantitative estimate of drug-likeness (QED) is 0.681. The third-order valence-corrected chi connectivity index (χ3v) is 3.01. The molecule has 112 valence electrons. The number of rotatable bonds is 9. The Morgan fingerprint density at radius 2 is 1.85 bits per heavy atom. The van der Waals surface area contributed by atoms with E-state index in [0.717, 1.165) is 25.3 Å². The van der Waals surface area contributed by atoms with Crippen LogP contribution in [0.2, 0.25) is 0 Å². The van der Waals surface area contributed by atoms with Gasteiger partial charge in [0.1, 0.15) is 0 Å². The van der Waals surface area contributed by atoms with Gasteiger partial charge < -0.3 is 20.3 Å². The van der Waals surface area contributed by atoms with Crippen LogP contribution >= 0.6 is 0 Å². The highest BCUT2D eigenvalue weighted by molar-refractivity contribution is 5.89. The predicted molar refractivity (Wildman–Crippen MR) is 82.1 cm³/mol. The van der Waals surface area contributed by atoms with Crippen molar-refractivity contribution < 1.29 is 9.53 Å². The molecule has 0 aliphatic carbocycles. The molecule has 0 unspecified atom stereocenters. The van der Waals surface area contributed by atoms with Crippen LogP contribution in [0.1, 0.15) is 13.8 Å². The molecule has 0 aromatic heterocycles. The number of likely N-dealkylation sites (N-methyl/N-ethyl adjacent to an activating group) is 1. The van der Waals surface area contributed by atoms with Crippen LogP contribution in [0.15, 0.2) is 30.3 Å². The molecule has 5 heteroatoms. The van der Waals surface area contributed by atoms with Gasteiger partial charge in [0.15, 0.2) is 0 Å². The first kappa shape index (κ1) is 16.5. The zero-order chi connectivity index (χ0) is 14.6. The fourth-order valence-corrected chi connectivity index (χ4v) is 1.77. The second-order valence-corrected chi connectivity index (χ2v) is 4.39. The molecule has 0 atom stereocenters. The van der Waals surface area contributed by atoms with Crippen LogP contribution in [-0.2, 0) is 4.74 Å². The van der Waals surface area contributed by atoms with E-state index in [1.165, 1.54) is 0 Å². The van der Waals surface area contributed by atoms with Crippen molar-refractivity contribution in [2.45, 2.75) is 13.8 Å². The number of para-hydroxylation sites is 1. The Kier molecular flexibility index (Phi) is 8.42. The van der Waals surface area contributed by atoms with E-state index in [1.54, 1.807) is 0 Å². The molecule has 5 nitrogen and oxygen atoms in total. The SMILES string of the molecule is CCN(CC)CCOCCNC(=O)Nc1ccccc1. The van der Waals surface area contributed by atoms with Crippen molar-refractivity contribution in [1.29, 1.82) is 0 Å². The molecule has 0 bridgehead atoms. The van der Waals surface area contributed by atoms with Gasteiger partial charge in [-0.2, -0.15) is 0 Å². The topological polar surface area (TPSA) is 53.6 Å². The molecule has 1 aromatic carbocycles. The van der Waals surface area contributed by atoms with Crippen LogP contribution in [0, 0.1) is 0 Å². The minimum Gasteiger partial charge on any atom is -0.378 e. The number of nitrogens with one attached hydrogen (secondary N) is 2. The summed E-state index contributed by atoms with van der Waals surface area (Å²) in [6, 6.07) is 9.16. The Balaban J connectivity index is 2.02. The van der Waals surface area contributed by atoms with E-state index < -0.39 is 0 Å². The average molecular weight is 279 g/mol. The third kappa shape index (κ3) is 7.11. The van der Waals surface area contributed by atoms with Gasteiger partial charge in [0.2, 0.25) is 0 Å². The number of anilines is 1. The summed E-state index contributed by atoms with van der Waals surface area (Å²) in [5.41, 5.74) is 0.785. The highest BCUT2D eigenvalue weighted by atomic mass is 16.5. The minimum absolute atomic E-state index is 0.205. The highest BCUT2D eigenvalue weighted by Crippen LogP contribution is 2.03. The lowest BCUT2D eigenvalue weighted by atomic mass is 10.3. The Hall–Kier alpha value is -1.59. The third-order valence-electron chi connectivity index (χ3n) is 3.01. The lowest BCUT2D eigenvalue weighted by Crippen LogP contribution is -2.32. The van der Waals surface area contributed by atoms with E-state index in [1.807, 2.05) is 30.3 Å². The summed E-state index contributed by atoms with van der Waals surface area (Å²) in [4.78, 5) is 13.9. The maximum absolute atomic E-state index is 11.6. The number of nitrogens with zero attached hydrogens (tertiary/aromatic N) is 1. The van der Waals surface area contributed by atoms with E-state index in [9.17, 15) is 4.79 Å². The summed E-state index contributed by atoms with van der Waals surface area (Å²) < 4.78 is 5.48. The van der Waals surface area contributed by atoms with Crippen LogP contribution in [0.25, 0.3) is 0 Å². The zero-order valence-corrected chi connectivity index (χ0v) is 12.4. The van der Waals surface area contributed by atoms with E-state index in [2.05, 4.69) is 29.4 Å². The first-order valence-corrected chi connectivity index (χ1v) is 7.16. The lowest BCUT2D eigenvalue weighted by molar-refractivity contribution is 0.110. The van der Waals surface area contributed by atoms with Gasteiger partial charge in [0.25, 0.3) is 0 Å². The second-order valence-electron chi connectivity index (χ2n) is 4.39. The fraction of sp³-hybridized carbons (Fsp3) is 0.533. The van der Waals surface area contributed by atoms with Crippen molar-refractivity contribution >= 4 is 11.7 Å². The monoisotopic (exact) mass is 279 g/mol. The number of carbonyl (C=O) groups excluding carboxylic acids is 1. The van der Waals surface area contributed by atoms with Gasteiger partial charge in [0.05, 0.1) is 13.2 Å². The normalized spacial score (nSPS) is 10.6. The molecule has 2 amide bonds. The number of carbonyl (C=O) groups is 1. The van der Waals surface area contributed by atoms with Gasteiger partial charge in [0, 0.05) is 18.8 Å². The molecule has 0 saturated heterocycles. The van der Waals surface area contributed by atoms with Gasteiger partial charge >= 0.3 is 6.03 Å². The van der Waals surface area contributed by atoms with Crippen molar-refractivity contribution in [1.82, 2.24) is 10.2 Å². The van der Waals surface area contributed by atoms with Gasteiger partial charge in [-0.05, 0) is 25.2 Å². The van der Waals surface area contributed by atoms with Crippen molar-refractivity contribution in [3.05, 3.63) is 30.3 Å². The van der Waals surface area contributed by atoms with E-state index in [4.69, 9.17) is 4.74 Å². The van der Waals surface area contributed by atoms with E-state index >= 15 is 0 Å². The molecule has 2 N–H and O–H groups in total. The molecular weight excluding hydrogens is 254 g/mol. The Morgan fingerprint density at radius 1 is 1.15 bits per heavy atom. The number of urea groups is 1. The van der Waals surface area contributed by atoms with Crippen LogP contribution in [-0.4, -0.2) is 50.3 Å². The van der Waals surface area contributed by atoms with Crippen LogP contribution < -0.4 is 10.6 Å². The molecule has 0 fully saturated rings. The lowest BCUT2D eigenvalue weighted by Gasteiger charge is -2.17. The van der Waals surface area contributed by atoms with Crippen LogP contribution in [0.4, 0.5) is 10.5 Å². The Labute approximate surface area is 121 Å². The molecule has 1 rings (SSSR count). The van der Waals surface area contributed by atoms with Gasteiger partial charge in [-0.25, -0.2) is 4.79 Å². The summed E-state index contributed by atoms with van der Waals surface area (Å²) >= 11 is 0. The summed E-state index contributed by atoms with van der Waals surface area (Å²) in [6.45, 7) is 9.03. The predicted octanol–water partition coefficient (Wildman–Crippen LogP) is 2.17. The Morgan fingerprint density at radius 3 is 2.50 bits per heavy atom. The molecule has 0 saturated carbocycles. The fourth-order valence-electron chi connectivity index (χ4n) is 1.77. The maximum Gasteiger partial charge on any atom is 0.319 e. The Bertz CT molecular complexity index is 367. The van der Waals surface area contributed by atoms with Crippen LogP contribution in [0.5, 0.6) is 0 Å². The molecule has 0 spiro atoms. The molecule has 1 aromatic rings. The van der Waals surface area contributed by atoms with Gasteiger partial charge in [-0.1, -0.05) is 32.0 Å². The number of hydrogen-bond donors (Lipinski definition) is 2. The largest absolute Gasteiger partial charge is 0.378 e. The summed E-state index contributed by atoms with van der Waals surface area (Å²) in [5.74, 6) is 0. The van der Waals surface area contributed by atoms with E-state index in [0.29, 0.717) is 19.8 Å². The zero-order valence-electron chi connectivity index (χ0n) is 12.4. The standard InChI is InChI=1S/C15H25N3O2/c1-3-18(4-2)11-13-20-12-10-16-15(19)17-14-8-6-5-7-9-14/h5-9H,3-4,10-13H2,1-2H3,(H2,16,17,19). The highest BCUT2D eigenvalue weighted by Gasteiger charge is 2.01.